The molecule has 106 valence electrons. The molecule has 0 aliphatic heterocycles. The largest absolute Gasteiger partial charge is 0.387 e. The Morgan fingerprint density at radius 1 is 1.20 bits per heavy atom. The van der Waals surface area contributed by atoms with Gasteiger partial charge >= 0.3 is 0 Å². The van der Waals surface area contributed by atoms with Gasteiger partial charge in [0.25, 0.3) is 0 Å². The van der Waals surface area contributed by atoms with Crippen LogP contribution < -0.4 is 5.32 Å². The Morgan fingerprint density at radius 3 is 2.65 bits per heavy atom. The van der Waals surface area contributed by atoms with Crippen molar-refractivity contribution in [2.24, 2.45) is 0 Å². The van der Waals surface area contributed by atoms with Crippen LogP contribution in [0.25, 0.3) is 0 Å². The number of hydrogen-bond donors (Lipinski definition) is 2. The normalized spacial score (nSPS) is 14.0. The van der Waals surface area contributed by atoms with Crippen LogP contribution >= 0.6 is 0 Å². The number of aliphatic hydroxyl groups excluding tert-OH is 1. The number of nitrogens with one attached hydrogen (secondary N) is 1. The van der Waals surface area contributed by atoms with E-state index >= 15 is 0 Å². The summed E-state index contributed by atoms with van der Waals surface area (Å²) in [6, 6.07) is 8.93. The molecule has 0 bridgehead atoms. The molecule has 3 nitrogen and oxygen atoms in total. The number of pyridine rings is 1. The van der Waals surface area contributed by atoms with Crippen LogP contribution in [0.1, 0.15) is 30.3 Å². The minimum atomic E-state index is -0.959. The molecule has 0 saturated heterocycles. The molecule has 0 aliphatic rings. The van der Waals surface area contributed by atoms with Crippen LogP contribution in [0, 0.1) is 11.6 Å². The Balaban J connectivity index is 1.95. The zero-order valence-corrected chi connectivity index (χ0v) is 11.1. The van der Waals surface area contributed by atoms with Gasteiger partial charge in [0.2, 0.25) is 0 Å². The van der Waals surface area contributed by atoms with Crippen LogP contribution in [0.15, 0.2) is 42.6 Å². The number of aromatic nitrogens is 1. The Morgan fingerprint density at radius 2 is 2.00 bits per heavy atom. The van der Waals surface area contributed by atoms with Gasteiger partial charge < -0.3 is 10.4 Å². The van der Waals surface area contributed by atoms with Gasteiger partial charge in [0.1, 0.15) is 0 Å². The molecule has 2 aromatic rings. The Bertz CT molecular complexity index is 563. The molecule has 0 aliphatic carbocycles. The molecule has 1 aromatic carbocycles. The molecule has 1 aromatic heterocycles. The van der Waals surface area contributed by atoms with E-state index in [4.69, 9.17) is 0 Å². The summed E-state index contributed by atoms with van der Waals surface area (Å²) < 4.78 is 25.9. The van der Waals surface area contributed by atoms with E-state index in [-0.39, 0.29) is 12.6 Å². The van der Waals surface area contributed by atoms with E-state index in [1.807, 2.05) is 25.1 Å². The highest BCUT2D eigenvalue weighted by Gasteiger charge is 2.13. The topological polar surface area (TPSA) is 45.1 Å². The molecule has 0 saturated carbocycles. The molecule has 1 unspecified atom stereocenters. The molecule has 1 heterocycles. The van der Waals surface area contributed by atoms with E-state index < -0.39 is 17.7 Å². The number of halogens is 2. The van der Waals surface area contributed by atoms with E-state index in [9.17, 15) is 13.9 Å². The fraction of sp³-hybridized carbons (Fsp3) is 0.267. The van der Waals surface area contributed by atoms with Crippen LogP contribution in [0.2, 0.25) is 0 Å². The fourth-order valence-corrected chi connectivity index (χ4v) is 1.86. The number of benzene rings is 1. The second-order valence-electron chi connectivity index (χ2n) is 4.57. The standard InChI is InChI=1S/C15H16F2N2O/c1-10(14-4-2-3-7-18-14)19-9-15(20)11-5-6-12(16)13(17)8-11/h2-8,10,15,19-20H,9H2,1H3/t10-,15?/m1/s1. The summed E-state index contributed by atoms with van der Waals surface area (Å²) in [5.74, 6) is -1.88. The summed E-state index contributed by atoms with van der Waals surface area (Å²) in [7, 11) is 0. The quantitative estimate of drug-likeness (QED) is 0.884. The summed E-state index contributed by atoms with van der Waals surface area (Å²) in [5, 5.41) is 13.1. The van der Waals surface area contributed by atoms with Crippen LogP contribution in [0.5, 0.6) is 0 Å². The van der Waals surface area contributed by atoms with Crippen LogP contribution in [0.4, 0.5) is 8.78 Å². The monoisotopic (exact) mass is 278 g/mol. The second-order valence-corrected chi connectivity index (χ2v) is 4.57. The fourth-order valence-electron chi connectivity index (χ4n) is 1.86. The minimum absolute atomic E-state index is 0.0452. The van der Waals surface area contributed by atoms with Crippen molar-refractivity contribution in [2.45, 2.75) is 19.1 Å². The van der Waals surface area contributed by atoms with Crippen LogP contribution in [0.3, 0.4) is 0 Å². The summed E-state index contributed by atoms with van der Waals surface area (Å²) in [6.45, 7) is 2.14. The van der Waals surface area contributed by atoms with Crippen molar-refractivity contribution in [1.82, 2.24) is 10.3 Å². The van der Waals surface area contributed by atoms with Crippen molar-refractivity contribution < 1.29 is 13.9 Å². The van der Waals surface area contributed by atoms with Crippen molar-refractivity contribution in [3.63, 3.8) is 0 Å². The Kier molecular flexibility index (Phi) is 4.76. The molecule has 2 atom stereocenters. The summed E-state index contributed by atoms with van der Waals surface area (Å²) in [5.41, 5.74) is 1.19. The van der Waals surface area contributed by atoms with Crippen molar-refractivity contribution >= 4 is 0 Å². The van der Waals surface area contributed by atoms with Gasteiger partial charge in [-0.05, 0) is 36.8 Å². The van der Waals surface area contributed by atoms with Gasteiger partial charge in [0.05, 0.1) is 11.8 Å². The summed E-state index contributed by atoms with van der Waals surface area (Å²) >= 11 is 0. The van der Waals surface area contributed by atoms with Gasteiger partial charge in [0, 0.05) is 18.8 Å². The van der Waals surface area contributed by atoms with Gasteiger partial charge in [-0.1, -0.05) is 12.1 Å². The van der Waals surface area contributed by atoms with Crippen molar-refractivity contribution in [1.29, 1.82) is 0 Å². The predicted octanol–water partition coefficient (Wildman–Crippen LogP) is 2.74. The molecule has 2 rings (SSSR count). The Hall–Kier alpha value is -1.85. The second kappa shape index (κ2) is 6.54. The van der Waals surface area contributed by atoms with E-state index in [2.05, 4.69) is 10.3 Å². The molecule has 20 heavy (non-hydrogen) atoms. The number of hydrogen-bond acceptors (Lipinski definition) is 3. The first-order valence-electron chi connectivity index (χ1n) is 6.35. The molecule has 0 fully saturated rings. The van der Waals surface area contributed by atoms with Crippen LogP contribution in [-0.4, -0.2) is 16.6 Å². The molecule has 0 spiro atoms. The molecule has 5 heteroatoms. The van der Waals surface area contributed by atoms with E-state index in [0.717, 1.165) is 17.8 Å². The molecular formula is C15H16F2N2O. The van der Waals surface area contributed by atoms with Crippen LogP contribution in [-0.2, 0) is 0 Å². The van der Waals surface area contributed by atoms with E-state index in [1.54, 1.807) is 6.20 Å². The van der Waals surface area contributed by atoms with Crippen molar-refractivity contribution in [3.8, 4) is 0 Å². The third-order valence-electron chi connectivity index (χ3n) is 3.08. The number of nitrogens with zero attached hydrogens (tertiary/aromatic N) is 1. The SMILES string of the molecule is C[C@@H](NCC(O)c1ccc(F)c(F)c1)c1ccccn1. The number of rotatable bonds is 5. The number of aliphatic hydroxyl groups is 1. The lowest BCUT2D eigenvalue weighted by Crippen LogP contribution is -2.25. The molecular weight excluding hydrogens is 262 g/mol. The molecule has 2 N–H and O–H groups in total. The lowest BCUT2D eigenvalue weighted by atomic mass is 10.1. The third-order valence-corrected chi connectivity index (χ3v) is 3.08. The zero-order valence-electron chi connectivity index (χ0n) is 11.1. The van der Waals surface area contributed by atoms with Crippen molar-refractivity contribution in [2.75, 3.05) is 6.54 Å². The zero-order chi connectivity index (χ0) is 14.5. The third kappa shape index (κ3) is 3.59. The first kappa shape index (κ1) is 14.6. The van der Waals surface area contributed by atoms with Gasteiger partial charge in [-0.2, -0.15) is 0 Å². The highest BCUT2D eigenvalue weighted by Crippen LogP contribution is 2.17. The maximum atomic E-state index is 13.1. The average molecular weight is 278 g/mol. The van der Waals surface area contributed by atoms with Crippen molar-refractivity contribution in [3.05, 3.63) is 65.5 Å². The summed E-state index contributed by atoms with van der Waals surface area (Å²) in [6.07, 6.45) is 0.788. The van der Waals surface area contributed by atoms with E-state index in [0.29, 0.717) is 5.56 Å². The van der Waals surface area contributed by atoms with Gasteiger partial charge in [-0.15, -0.1) is 0 Å². The first-order valence-corrected chi connectivity index (χ1v) is 6.35. The first-order chi connectivity index (χ1) is 9.58. The maximum absolute atomic E-state index is 13.1. The predicted molar refractivity (Wildman–Crippen MR) is 72.0 cm³/mol. The summed E-state index contributed by atoms with van der Waals surface area (Å²) in [4.78, 5) is 4.20. The molecule has 0 amide bonds. The van der Waals surface area contributed by atoms with Gasteiger partial charge in [-0.25, -0.2) is 8.78 Å². The highest BCUT2D eigenvalue weighted by molar-refractivity contribution is 5.20. The van der Waals surface area contributed by atoms with Gasteiger partial charge in [0.15, 0.2) is 11.6 Å². The van der Waals surface area contributed by atoms with Gasteiger partial charge in [-0.3, -0.25) is 4.98 Å². The lowest BCUT2D eigenvalue weighted by Gasteiger charge is -2.17. The lowest BCUT2D eigenvalue weighted by molar-refractivity contribution is 0.170. The van der Waals surface area contributed by atoms with E-state index in [1.165, 1.54) is 6.07 Å². The maximum Gasteiger partial charge on any atom is 0.159 e. The highest BCUT2D eigenvalue weighted by atomic mass is 19.2. The smallest absolute Gasteiger partial charge is 0.159 e. The Labute approximate surface area is 116 Å². The minimum Gasteiger partial charge on any atom is -0.387 e. The molecule has 0 radical (unpaired) electrons. The average Bonchev–Trinajstić information content (AvgIpc) is 2.48.